The first-order valence-electron chi connectivity index (χ1n) is 6.83. The Balaban J connectivity index is 1.81. The number of carbonyl (C=O) groups excluding carboxylic acids is 1. The van der Waals surface area contributed by atoms with E-state index in [9.17, 15) is 9.18 Å². The Morgan fingerprint density at radius 2 is 2.33 bits per heavy atom. The molecular weight excluding hydrogens is 337 g/mol. The normalized spacial score (nSPS) is 17.4. The predicted molar refractivity (Wildman–Crippen MR) is 80.5 cm³/mol. The first-order chi connectivity index (χ1) is 10.1. The summed E-state index contributed by atoms with van der Waals surface area (Å²) in [7, 11) is 1.91. The maximum Gasteiger partial charge on any atom is 0.251 e. The van der Waals surface area contributed by atoms with E-state index < -0.39 is 5.82 Å². The van der Waals surface area contributed by atoms with Crippen molar-refractivity contribution in [2.45, 2.75) is 25.3 Å². The van der Waals surface area contributed by atoms with Gasteiger partial charge in [-0.25, -0.2) is 4.39 Å². The van der Waals surface area contributed by atoms with Crippen LogP contribution in [0.4, 0.5) is 4.39 Å². The number of rotatable bonds is 2. The molecule has 4 nitrogen and oxygen atoms in total. The third-order valence-electron chi connectivity index (χ3n) is 3.86. The van der Waals surface area contributed by atoms with Gasteiger partial charge in [-0.3, -0.25) is 9.48 Å². The van der Waals surface area contributed by atoms with Gasteiger partial charge in [-0.2, -0.15) is 5.10 Å². The third kappa shape index (κ3) is 2.72. The van der Waals surface area contributed by atoms with E-state index in [1.807, 2.05) is 17.9 Å². The zero-order valence-corrected chi connectivity index (χ0v) is 13.2. The second-order valence-electron chi connectivity index (χ2n) is 5.22. The number of aromatic nitrogens is 2. The zero-order chi connectivity index (χ0) is 15.0. The summed E-state index contributed by atoms with van der Waals surface area (Å²) in [5, 5.41) is 7.23. The molecule has 1 heterocycles. The van der Waals surface area contributed by atoms with Crippen molar-refractivity contribution in [1.82, 2.24) is 15.1 Å². The molecule has 21 heavy (non-hydrogen) atoms. The van der Waals surface area contributed by atoms with E-state index in [1.165, 1.54) is 6.07 Å². The Hall–Kier alpha value is -1.69. The van der Waals surface area contributed by atoms with Crippen LogP contribution in [-0.2, 0) is 13.5 Å². The van der Waals surface area contributed by atoms with Gasteiger partial charge in [0.2, 0.25) is 0 Å². The largest absolute Gasteiger partial charge is 0.345 e. The molecule has 1 atom stereocenters. The Bertz CT molecular complexity index is 698. The molecule has 0 saturated carbocycles. The highest BCUT2D eigenvalue weighted by atomic mass is 79.9. The molecule has 6 heteroatoms. The average molecular weight is 352 g/mol. The van der Waals surface area contributed by atoms with Gasteiger partial charge in [0.1, 0.15) is 5.82 Å². The third-order valence-corrected chi connectivity index (χ3v) is 4.51. The molecule has 1 amide bonds. The number of amides is 1. The highest BCUT2D eigenvalue weighted by Gasteiger charge is 2.25. The molecule has 1 aromatic carbocycles. The predicted octanol–water partition coefficient (Wildman–Crippen LogP) is 3.13. The van der Waals surface area contributed by atoms with Crippen molar-refractivity contribution in [3.63, 3.8) is 0 Å². The summed E-state index contributed by atoms with van der Waals surface area (Å²) >= 11 is 3.08. The van der Waals surface area contributed by atoms with Crippen LogP contribution in [0.2, 0.25) is 0 Å². The molecule has 0 fully saturated rings. The Labute approximate surface area is 130 Å². The van der Waals surface area contributed by atoms with Gasteiger partial charge >= 0.3 is 0 Å². The van der Waals surface area contributed by atoms with Gasteiger partial charge in [0.05, 0.1) is 16.7 Å². The Kier molecular flexibility index (Phi) is 3.80. The number of nitrogens with one attached hydrogen (secondary N) is 1. The minimum atomic E-state index is -0.437. The van der Waals surface area contributed by atoms with Crippen LogP contribution < -0.4 is 5.32 Å². The van der Waals surface area contributed by atoms with Gasteiger partial charge < -0.3 is 5.32 Å². The smallest absolute Gasteiger partial charge is 0.251 e. The number of hydrogen-bond acceptors (Lipinski definition) is 2. The average Bonchev–Trinajstić information content (AvgIpc) is 2.85. The van der Waals surface area contributed by atoms with Crippen LogP contribution in [-0.4, -0.2) is 15.7 Å². The first kappa shape index (κ1) is 14.3. The highest BCUT2D eigenvalue weighted by molar-refractivity contribution is 9.10. The molecule has 2 aromatic rings. The zero-order valence-electron chi connectivity index (χ0n) is 11.6. The topological polar surface area (TPSA) is 46.9 Å². The van der Waals surface area contributed by atoms with Crippen molar-refractivity contribution >= 4 is 21.8 Å². The molecule has 1 N–H and O–H groups in total. The summed E-state index contributed by atoms with van der Waals surface area (Å²) in [5.41, 5.74) is 2.55. The number of halogens is 2. The molecule has 0 bridgehead atoms. The number of nitrogens with zero attached hydrogens (tertiary/aromatic N) is 2. The summed E-state index contributed by atoms with van der Waals surface area (Å²) < 4.78 is 15.7. The second kappa shape index (κ2) is 5.60. The van der Waals surface area contributed by atoms with Crippen LogP contribution in [0.15, 0.2) is 28.9 Å². The molecule has 1 aromatic heterocycles. The van der Waals surface area contributed by atoms with Gasteiger partial charge in [-0.15, -0.1) is 0 Å². The standard InChI is InChI=1S/C15H15BrFN3O/c1-20-14-4-2-3-13(10(14)8-18-20)19-15(21)9-5-6-11(16)12(17)7-9/h5-8,13H,2-4H2,1H3,(H,19,21). The van der Waals surface area contributed by atoms with Crippen LogP contribution in [0, 0.1) is 5.82 Å². The van der Waals surface area contributed by atoms with Crippen molar-refractivity contribution < 1.29 is 9.18 Å². The SMILES string of the molecule is Cn1ncc2c1CCCC2NC(=O)c1ccc(Br)c(F)c1. The quantitative estimate of drug-likeness (QED) is 0.903. The fourth-order valence-corrected chi connectivity index (χ4v) is 2.98. The number of aryl methyl sites for hydroxylation is 1. The van der Waals surface area contributed by atoms with E-state index >= 15 is 0 Å². The fraction of sp³-hybridized carbons (Fsp3) is 0.333. The fourth-order valence-electron chi connectivity index (χ4n) is 2.74. The molecule has 1 aliphatic carbocycles. The highest BCUT2D eigenvalue weighted by Crippen LogP contribution is 2.29. The summed E-state index contributed by atoms with van der Waals surface area (Å²) in [5.74, 6) is -0.698. The lowest BCUT2D eigenvalue weighted by Crippen LogP contribution is -2.31. The molecule has 0 saturated heterocycles. The summed E-state index contributed by atoms with van der Waals surface area (Å²) in [6.07, 6.45) is 4.67. The van der Waals surface area contributed by atoms with E-state index in [2.05, 4.69) is 26.3 Å². The molecule has 110 valence electrons. The van der Waals surface area contributed by atoms with E-state index in [-0.39, 0.29) is 11.9 Å². The van der Waals surface area contributed by atoms with E-state index in [0.29, 0.717) is 10.0 Å². The van der Waals surface area contributed by atoms with Crippen molar-refractivity contribution in [1.29, 1.82) is 0 Å². The van der Waals surface area contributed by atoms with Gasteiger partial charge in [-0.05, 0) is 53.4 Å². The van der Waals surface area contributed by atoms with Gasteiger partial charge in [-0.1, -0.05) is 0 Å². The van der Waals surface area contributed by atoms with Crippen LogP contribution >= 0.6 is 15.9 Å². The van der Waals surface area contributed by atoms with Crippen LogP contribution in [0.5, 0.6) is 0 Å². The molecule has 0 aliphatic heterocycles. The Morgan fingerprint density at radius 3 is 3.10 bits per heavy atom. The Morgan fingerprint density at radius 1 is 1.52 bits per heavy atom. The van der Waals surface area contributed by atoms with Crippen LogP contribution in [0.3, 0.4) is 0 Å². The lowest BCUT2D eigenvalue weighted by atomic mass is 9.93. The minimum Gasteiger partial charge on any atom is -0.345 e. The molecule has 0 radical (unpaired) electrons. The number of carbonyl (C=O) groups is 1. The van der Waals surface area contributed by atoms with Gasteiger partial charge in [0, 0.05) is 23.9 Å². The first-order valence-corrected chi connectivity index (χ1v) is 7.62. The lowest BCUT2D eigenvalue weighted by molar-refractivity contribution is 0.0932. The molecule has 0 spiro atoms. The number of fused-ring (bicyclic) bond motifs is 1. The van der Waals surface area contributed by atoms with Crippen molar-refractivity contribution in [2.24, 2.45) is 7.05 Å². The van der Waals surface area contributed by atoms with Gasteiger partial charge in [0.25, 0.3) is 5.91 Å². The number of hydrogen-bond donors (Lipinski definition) is 1. The lowest BCUT2D eigenvalue weighted by Gasteiger charge is -2.23. The maximum absolute atomic E-state index is 13.5. The van der Waals surface area contributed by atoms with Crippen molar-refractivity contribution in [3.8, 4) is 0 Å². The van der Waals surface area contributed by atoms with E-state index in [0.717, 1.165) is 30.5 Å². The molecular formula is C15H15BrFN3O. The van der Waals surface area contributed by atoms with Crippen molar-refractivity contribution in [3.05, 3.63) is 51.5 Å². The summed E-state index contributed by atoms with van der Waals surface area (Å²) in [4.78, 5) is 12.3. The molecule has 1 unspecified atom stereocenters. The van der Waals surface area contributed by atoms with Crippen molar-refractivity contribution in [2.75, 3.05) is 0 Å². The summed E-state index contributed by atoms with van der Waals surface area (Å²) in [6.45, 7) is 0. The van der Waals surface area contributed by atoms with E-state index in [1.54, 1.807) is 12.1 Å². The van der Waals surface area contributed by atoms with Crippen LogP contribution in [0.1, 0.15) is 40.5 Å². The monoisotopic (exact) mass is 351 g/mol. The summed E-state index contributed by atoms with van der Waals surface area (Å²) in [6, 6.07) is 4.34. The number of benzene rings is 1. The molecule has 1 aliphatic rings. The van der Waals surface area contributed by atoms with E-state index in [4.69, 9.17) is 0 Å². The minimum absolute atomic E-state index is 0.0540. The van der Waals surface area contributed by atoms with Gasteiger partial charge in [0.15, 0.2) is 0 Å². The van der Waals surface area contributed by atoms with Crippen LogP contribution in [0.25, 0.3) is 0 Å². The molecule has 3 rings (SSSR count). The maximum atomic E-state index is 13.5. The second-order valence-corrected chi connectivity index (χ2v) is 6.07.